The predicted octanol–water partition coefficient (Wildman–Crippen LogP) is 4.84. The van der Waals surface area contributed by atoms with Crippen LogP contribution in [-0.2, 0) is 5.60 Å². The molecule has 0 unspecified atom stereocenters. The highest BCUT2D eigenvalue weighted by molar-refractivity contribution is 5.44. The minimum absolute atomic E-state index is 0.357. The van der Waals surface area contributed by atoms with E-state index in [2.05, 4.69) is 13.8 Å². The Balaban J connectivity index is 2.22. The maximum Gasteiger partial charge on any atom is 0.127 e. The molecule has 0 radical (unpaired) electrons. The smallest absolute Gasteiger partial charge is 0.127 e. The summed E-state index contributed by atoms with van der Waals surface area (Å²) in [6.45, 7) is 7.78. The molecule has 0 spiro atoms. The monoisotopic (exact) mass is 300 g/mol. The lowest BCUT2D eigenvalue weighted by Crippen LogP contribution is -2.14. The lowest BCUT2D eigenvalue weighted by molar-refractivity contribution is 0.0786. The molecule has 0 aliphatic carbocycles. The maximum atomic E-state index is 9.97. The van der Waals surface area contributed by atoms with Crippen LogP contribution in [0, 0.1) is 0 Å². The van der Waals surface area contributed by atoms with Gasteiger partial charge >= 0.3 is 0 Å². The molecule has 0 amide bonds. The van der Waals surface area contributed by atoms with Gasteiger partial charge in [-0.25, -0.2) is 0 Å². The Morgan fingerprint density at radius 2 is 1.55 bits per heavy atom. The van der Waals surface area contributed by atoms with Gasteiger partial charge in [-0.1, -0.05) is 26.0 Å². The van der Waals surface area contributed by atoms with Crippen molar-refractivity contribution in [3.8, 4) is 17.2 Å². The van der Waals surface area contributed by atoms with Crippen molar-refractivity contribution in [2.45, 2.75) is 39.2 Å². The number of hydrogen-bond donors (Lipinski definition) is 1. The third kappa shape index (κ3) is 3.80. The molecule has 0 heterocycles. The van der Waals surface area contributed by atoms with E-state index in [1.807, 2.05) is 42.5 Å². The minimum Gasteiger partial charge on any atom is -0.496 e. The molecule has 0 atom stereocenters. The molecule has 0 saturated heterocycles. The molecule has 3 heteroatoms. The number of benzene rings is 2. The topological polar surface area (TPSA) is 38.7 Å². The van der Waals surface area contributed by atoms with E-state index in [0.717, 1.165) is 28.4 Å². The van der Waals surface area contributed by atoms with Crippen molar-refractivity contribution in [1.82, 2.24) is 0 Å². The van der Waals surface area contributed by atoms with Gasteiger partial charge in [-0.3, -0.25) is 0 Å². The fourth-order valence-corrected chi connectivity index (χ4v) is 2.29. The standard InChI is InChI=1S/C19H24O3/c1-13(2)17-12-16(10-11-18(17)21-5)22-15-8-6-14(7-9-15)19(3,4)20/h6-13,20H,1-5H3. The predicted molar refractivity (Wildman–Crippen MR) is 88.8 cm³/mol. The van der Waals surface area contributed by atoms with E-state index in [1.54, 1.807) is 21.0 Å². The molecule has 0 fully saturated rings. The summed E-state index contributed by atoms with van der Waals surface area (Å²) >= 11 is 0. The van der Waals surface area contributed by atoms with Gasteiger partial charge in [0.2, 0.25) is 0 Å². The second kappa shape index (κ2) is 6.41. The highest BCUT2D eigenvalue weighted by Crippen LogP contribution is 2.32. The molecule has 0 aliphatic heterocycles. The number of methoxy groups -OCH3 is 1. The van der Waals surface area contributed by atoms with Crippen LogP contribution in [0.5, 0.6) is 17.2 Å². The van der Waals surface area contributed by atoms with Crippen LogP contribution in [0.1, 0.15) is 44.7 Å². The molecule has 0 aromatic heterocycles. The summed E-state index contributed by atoms with van der Waals surface area (Å²) in [6.07, 6.45) is 0. The first-order chi connectivity index (χ1) is 10.3. The molecule has 3 nitrogen and oxygen atoms in total. The summed E-state index contributed by atoms with van der Waals surface area (Å²) in [5, 5.41) is 9.97. The molecule has 0 bridgehead atoms. The zero-order chi connectivity index (χ0) is 16.3. The summed E-state index contributed by atoms with van der Waals surface area (Å²) in [4.78, 5) is 0. The second-order valence-electron chi connectivity index (χ2n) is 6.24. The number of aliphatic hydroxyl groups is 1. The Hall–Kier alpha value is -2.00. The number of rotatable bonds is 5. The van der Waals surface area contributed by atoms with E-state index in [0.29, 0.717) is 5.92 Å². The third-order valence-corrected chi connectivity index (χ3v) is 3.62. The Labute approximate surface area is 132 Å². The zero-order valence-electron chi connectivity index (χ0n) is 13.9. The van der Waals surface area contributed by atoms with Crippen LogP contribution in [-0.4, -0.2) is 12.2 Å². The number of ether oxygens (including phenoxy) is 2. The molecule has 1 N–H and O–H groups in total. The van der Waals surface area contributed by atoms with Crippen molar-refractivity contribution < 1.29 is 14.6 Å². The average Bonchev–Trinajstić information content (AvgIpc) is 2.46. The first kappa shape index (κ1) is 16.4. The fraction of sp³-hybridized carbons (Fsp3) is 0.368. The number of hydrogen-bond acceptors (Lipinski definition) is 3. The molecular weight excluding hydrogens is 276 g/mol. The highest BCUT2D eigenvalue weighted by atomic mass is 16.5. The third-order valence-electron chi connectivity index (χ3n) is 3.62. The second-order valence-corrected chi connectivity index (χ2v) is 6.24. The van der Waals surface area contributed by atoms with Gasteiger partial charge in [0.25, 0.3) is 0 Å². The van der Waals surface area contributed by atoms with Gasteiger partial charge in [0.05, 0.1) is 12.7 Å². The van der Waals surface area contributed by atoms with Crippen molar-refractivity contribution in [1.29, 1.82) is 0 Å². The molecule has 2 aromatic carbocycles. The maximum absolute atomic E-state index is 9.97. The lowest BCUT2D eigenvalue weighted by Gasteiger charge is -2.18. The summed E-state index contributed by atoms with van der Waals surface area (Å²) in [6, 6.07) is 13.3. The Morgan fingerprint density at radius 3 is 2.05 bits per heavy atom. The van der Waals surface area contributed by atoms with Gasteiger partial charge in [-0.15, -0.1) is 0 Å². The molecule has 22 heavy (non-hydrogen) atoms. The van der Waals surface area contributed by atoms with Gasteiger partial charge in [0, 0.05) is 5.56 Å². The largest absolute Gasteiger partial charge is 0.496 e. The Kier molecular flexibility index (Phi) is 4.77. The van der Waals surface area contributed by atoms with Gasteiger partial charge in [0.1, 0.15) is 17.2 Å². The summed E-state index contributed by atoms with van der Waals surface area (Å²) in [7, 11) is 1.68. The lowest BCUT2D eigenvalue weighted by atomic mass is 9.99. The molecule has 2 aromatic rings. The van der Waals surface area contributed by atoms with Crippen molar-refractivity contribution >= 4 is 0 Å². The fourth-order valence-electron chi connectivity index (χ4n) is 2.29. The van der Waals surface area contributed by atoms with E-state index < -0.39 is 5.60 Å². The summed E-state index contributed by atoms with van der Waals surface area (Å²) in [5.74, 6) is 2.75. The van der Waals surface area contributed by atoms with Crippen LogP contribution < -0.4 is 9.47 Å². The van der Waals surface area contributed by atoms with E-state index in [9.17, 15) is 5.11 Å². The van der Waals surface area contributed by atoms with Crippen LogP contribution in [0.15, 0.2) is 42.5 Å². The van der Waals surface area contributed by atoms with Crippen molar-refractivity contribution in [2.24, 2.45) is 0 Å². The first-order valence-corrected chi connectivity index (χ1v) is 7.50. The van der Waals surface area contributed by atoms with Gasteiger partial charge in [-0.05, 0) is 55.7 Å². The van der Waals surface area contributed by atoms with E-state index in [-0.39, 0.29) is 0 Å². The molecule has 0 aliphatic rings. The first-order valence-electron chi connectivity index (χ1n) is 7.50. The van der Waals surface area contributed by atoms with Crippen LogP contribution in [0.2, 0.25) is 0 Å². The molecule has 2 rings (SSSR count). The SMILES string of the molecule is COc1ccc(Oc2ccc(C(C)(C)O)cc2)cc1C(C)C. The minimum atomic E-state index is -0.844. The van der Waals surface area contributed by atoms with Crippen molar-refractivity contribution in [3.63, 3.8) is 0 Å². The van der Waals surface area contributed by atoms with Crippen molar-refractivity contribution in [2.75, 3.05) is 7.11 Å². The summed E-state index contributed by atoms with van der Waals surface area (Å²) in [5.41, 5.74) is 1.13. The quantitative estimate of drug-likeness (QED) is 0.859. The van der Waals surface area contributed by atoms with E-state index in [4.69, 9.17) is 9.47 Å². The van der Waals surface area contributed by atoms with Crippen LogP contribution in [0.25, 0.3) is 0 Å². The van der Waals surface area contributed by atoms with Crippen LogP contribution in [0.4, 0.5) is 0 Å². The van der Waals surface area contributed by atoms with Crippen LogP contribution in [0.3, 0.4) is 0 Å². The zero-order valence-corrected chi connectivity index (χ0v) is 13.9. The van der Waals surface area contributed by atoms with Crippen molar-refractivity contribution in [3.05, 3.63) is 53.6 Å². The average molecular weight is 300 g/mol. The van der Waals surface area contributed by atoms with Crippen LogP contribution >= 0.6 is 0 Å². The Morgan fingerprint density at radius 1 is 0.955 bits per heavy atom. The summed E-state index contributed by atoms with van der Waals surface area (Å²) < 4.78 is 11.3. The van der Waals surface area contributed by atoms with Gasteiger partial charge < -0.3 is 14.6 Å². The highest BCUT2D eigenvalue weighted by Gasteiger charge is 2.15. The Bertz CT molecular complexity index is 622. The normalized spacial score (nSPS) is 11.6. The van der Waals surface area contributed by atoms with E-state index >= 15 is 0 Å². The molecule has 118 valence electrons. The molecule has 0 saturated carbocycles. The van der Waals surface area contributed by atoms with Gasteiger partial charge in [0.15, 0.2) is 0 Å². The molecular formula is C19H24O3. The van der Waals surface area contributed by atoms with Gasteiger partial charge in [-0.2, -0.15) is 0 Å². The van der Waals surface area contributed by atoms with E-state index in [1.165, 1.54) is 0 Å².